The first-order valence-electron chi connectivity index (χ1n) is 5.99. The van der Waals surface area contributed by atoms with Crippen LogP contribution in [0.15, 0.2) is 30.3 Å². The summed E-state index contributed by atoms with van der Waals surface area (Å²) in [7, 11) is 0. The molecule has 0 amide bonds. The van der Waals surface area contributed by atoms with E-state index in [-0.39, 0.29) is 6.61 Å². The quantitative estimate of drug-likeness (QED) is 0.721. The average molecular weight is 249 g/mol. The van der Waals surface area contributed by atoms with Crippen LogP contribution in [0.3, 0.4) is 0 Å². The smallest absolute Gasteiger partial charge is 0.328 e. The number of carboxylic acids is 1. The van der Waals surface area contributed by atoms with Gasteiger partial charge >= 0.3 is 5.97 Å². The number of benzene rings is 1. The Kier molecular flexibility index (Phi) is 6.11. The highest BCUT2D eigenvalue weighted by atomic mass is 16.4. The lowest BCUT2D eigenvalue weighted by atomic mass is 10.1. The fourth-order valence-corrected chi connectivity index (χ4v) is 1.73. The van der Waals surface area contributed by atoms with E-state index in [4.69, 9.17) is 10.2 Å². The van der Waals surface area contributed by atoms with Gasteiger partial charge < -0.3 is 10.2 Å². The molecule has 1 aromatic rings. The van der Waals surface area contributed by atoms with Crippen LogP contribution < -0.4 is 0 Å². The molecule has 2 N–H and O–H groups in total. The van der Waals surface area contributed by atoms with Gasteiger partial charge in [-0.3, -0.25) is 4.90 Å². The maximum absolute atomic E-state index is 10.5. The van der Waals surface area contributed by atoms with E-state index in [1.165, 1.54) is 0 Å². The lowest BCUT2D eigenvalue weighted by Gasteiger charge is -2.20. The number of carbonyl (C=O) groups is 1. The number of aliphatic hydroxyl groups excluding tert-OH is 1. The molecule has 0 saturated carbocycles. The normalized spacial score (nSPS) is 11.3. The average Bonchev–Trinajstić information content (AvgIpc) is 2.37. The van der Waals surface area contributed by atoms with Crippen LogP contribution in [0.5, 0.6) is 0 Å². The molecule has 0 saturated heterocycles. The molecule has 4 nitrogen and oxygen atoms in total. The number of rotatable bonds is 7. The highest BCUT2D eigenvalue weighted by molar-refractivity contribution is 5.85. The van der Waals surface area contributed by atoms with Crippen LogP contribution in [-0.4, -0.2) is 40.8 Å². The van der Waals surface area contributed by atoms with Crippen LogP contribution in [0.1, 0.15) is 18.1 Å². The Bertz CT molecular complexity index is 415. The first-order chi connectivity index (χ1) is 8.67. The summed E-state index contributed by atoms with van der Waals surface area (Å²) in [6.07, 6.45) is 2.74. The van der Waals surface area contributed by atoms with Crippen molar-refractivity contribution in [2.75, 3.05) is 19.7 Å². The predicted octanol–water partition coefficient (Wildman–Crippen LogP) is 1.60. The fraction of sp³-hybridized carbons (Fsp3) is 0.357. The van der Waals surface area contributed by atoms with Gasteiger partial charge in [0.1, 0.15) is 0 Å². The Hall–Kier alpha value is -1.65. The van der Waals surface area contributed by atoms with Crippen LogP contribution in [-0.2, 0) is 11.3 Å². The molecule has 1 aromatic carbocycles. The van der Waals surface area contributed by atoms with Crippen molar-refractivity contribution < 1.29 is 15.0 Å². The van der Waals surface area contributed by atoms with Gasteiger partial charge in [-0.1, -0.05) is 31.2 Å². The summed E-state index contributed by atoms with van der Waals surface area (Å²) in [5.41, 5.74) is 1.96. The number of hydrogen-bond donors (Lipinski definition) is 2. The molecule has 0 aliphatic carbocycles. The van der Waals surface area contributed by atoms with Crippen LogP contribution >= 0.6 is 0 Å². The Morgan fingerprint density at radius 2 is 2.11 bits per heavy atom. The molecule has 18 heavy (non-hydrogen) atoms. The molecule has 0 unspecified atom stereocenters. The molecule has 0 atom stereocenters. The number of aliphatic hydroxyl groups is 1. The maximum atomic E-state index is 10.5. The summed E-state index contributed by atoms with van der Waals surface area (Å²) in [5.74, 6) is -0.951. The molecule has 0 bridgehead atoms. The zero-order chi connectivity index (χ0) is 13.4. The van der Waals surface area contributed by atoms with Gasteiger partial charge in [0.05, 0.1) is 6.61 Å². The van der Waals surface area contributed by atoms with E-state index in [1.54, 1.807) is 6.08 Å². The third-order valence-electron chi connectivity index (χ3n) is 2.72. The van der Waals surface area contributed by atoms with Crippen molar-refractivity contribution in [2.45, 2.75) is 13.5 Å². The second-order valence-electron chi connectivity index (χ2n) is 3.96. The molecule has 0 aromatic heterocycles. The van der Waals surface area contributed by atoms with Crippen molar-refractivity contribution in [1.29, 1.82) is 0 Å². The topological polar surface area (TPSA) is 60.8 Å². The van der Waals surface area contributed by atoms with E-state index in [9.17, 15) is 4.79 Å². The number of carboxylic acid groups (broad SMARTS) is 1. The second kappa shape index (κ2) is 7.63. The van der Waals surface area contributed by atoms with Crippen LogP contribution in [0, 0.1) is 0 Å². The minimum absolute atomic E-state index is 0.126. The minimum atomic E-state index is -0.951. The first-order valence-corrected chi connectivity index (χ1v) is 5.99. The SMILES string of the molecule is CCN(CCO)Cc1ccccc1C=CC(=O)O. The summed E-state index contributed by atoms with van der Waals surface area (Å²) in [6, 6.07) is 7.68. The summed E-state index contributed by atoms with van der Waals surface area (Å²) >= 11 is 0. The molecular formula is C14H19NO3. The molecule has 0 fully saturated rings. The number of aliphatic carboxylic acids is 1. The zero-order valence-corrected chi connectivity index (χ0v) is 10.5. The Labute approximate surface area is 107 Å². The Balaban J connectivity index is 2.84. The van der Waals surface area contributed by atoms with Crippen molar-refractivity contribution in [2.24, 2.45) is 0 Å². The van der Waals surface area contributed by atoms with Crippen molar-refractivity contribution in [3.8, 4) is 0 Å². The van der Waals surface area contributed by atoms with E-state index in [1.807, 2.05) is 31.2 Å². The Morgan fingerprint density at radius 3 is 2.72 bits per heavy atom. The highest BCUT2D eigenvalue weighted by Crippen LogP contribution is 2.13. The number of hydrogen-bond acceptors (Lipinski definition) is 3. The van der Waals surface area contributed by atoms with E-state index in [0.29, 0.717) is 13.1 Å². The zero-order valence-electron chi connectivity index (χ0n) is 10.5. The molecule has 0 radical (unpaired) electrons. The number of likely N-dealkylation sites (N-methyl/N-ethyl adjacent to an activating group) is 1. The minimum Gasteiger partial charge on any atom is -0.478 e. The molecule has 4 heteroatoms. The van der Waals surface area contributed by atoms with Crippen molar-refractivity contribution in [3.63, 3.8) is 0 Å². The van der Waals surface area contributed by atoms with Gasteiger partial charge in [0.15, 0.2) is 0 Å². The van der Waals surface area contributed by atoms with Gasteiger partial charge in [0.2, 0.25) is 0 Å². The van der Waals surface area contributed by atoms with Crippen LogP contribution in [0.4, 0.5) is 0 Å². The monoisotopic (exact) mass is 249 g/mol. The molecule has 0 aliphatic heterocycles. The molecule has 0 heterocycles. The van der Waals surface area contributed by atoms with E-state index in [2.05, 4.69) is 4.90 Å². The van der Waals surface area contributed by atoms with Gasteiger partial charge in [0.25, 0.3) is 0 Å². The molecule has 1 rings (SSSR count). The standard InChI is InChI=1S/C14H19NO3/c1-2-15(9-10-16)11-13-6-4-3-5-12(13)7-8-14(17)18/h3-8,16H,2,9-11H2,1H3,(H,17,18). The molecule has 0 spiro atoms. The molecule has 0 aliphatic rings. The summed E-state index contributed by atoms with van der Waals surface area (Å²) in [4.78, 5) is 12.6. The molecule has 98 valence electrons. The van der Waals surface area contributed by atoms with Crippen molar-refractivity contribution >= 4 is 12.0 Å². The lowest BCUT2D eigenvalue weighted by Crippen LogP contribution is -2.26. The fourth-order valence-electron chi connectivity index (χ4n) is 1.73. The molecular weight excluding hydrogens is 230 g/mol. The van der Waals surface area contributed by atoms with E-state index >= 15 is 0 Å². The van der Waals surface area contributed by atoms with Crippen molar-refractivity contribution in [3.05, 3.63) is 41.5 Å². The lowest BCUT2D eigenvalue weighted by molar-refractivity contribution is -0.131. The highest BCUT2D eigenvalue weighted by Gasteiger charge is 2.05. The van der Waals surface area contributed by atoms with Gasteiger partial charge in [-0.2, -0.15) is 0 Å². The number of nitrogens with zero attached hydrogens (tertiary/aromatic N) is 1. The summed E-state index contributed by atoms with van der Waals surface area (Å²) < 4.78 is 0. The van der Waals surface area contributed by atoms with Crippen molar-refractivity contribution in [1.82, 2.24) is 4.90 Å². The van der Waals surface area contributed by atoms with Crippen LogP contribution in [0.25, 0.3) is 6.08 Å². The Morgan fingerprint density at radius 1 is 1.39 bits per heavy atom. The summed E-state index contributed by atoms with van der Waals surface area (Å²) in [5, 5.41) is 17.6. The predicted molar refractivity (Wildman–Crippen MR) is 71.1 cm³/mol. The summed E-state index contributed by atoms with van der Waals surface area (Å²) in [6.45, 7) is 4.33. The van der Waals surface area contributed by atoms with Gasteiger partial charge in [-0.05, 0) is 23.7 Å². The van der Waals surface area contributed by atoms with E-state index < -0.39 is 5.97 Å². The van der Waals surface area contributed by atoms with Crippen LogP contribution in [0.2, 0.25) is 0 Å². The largest absolute Gasteiger partial charge is 0.478 e. The maximum Gasteiger partial charge on any atom is 0.328 e. The third-order valence-corrected chi connectivity index (χ3v) is 2.72. The second-order valence-corrected chi connectivity index (χ2v) is 3.96. The van der Waals surface area contributed by atoms with E-state index in [0.717, 1.165) is 23.7 Å². The van der Waals surface area contributed by atoms with Gasteiger partial charge in [-0.25, -0.2) is 4.79 Å². The van der Waals surface area contributed by atoms with Gasteiger partial charge in [-0.15, -0.1) is 0 Å². The van der Waals surface area contributed by atoms with Gasteiger partial charge in [0, 0.05) is 19.2 Å². The first kappa shape index (κ1) is 14.4. The third kappa shape index (κ3) is 4.69.